The minimum Gasteiger partial charge on any atom is -0.395 e. The molecule has 2 amide bonds. The minimum atomic E-state index is -4.45. The number of amides is 2. The van der Waals surface area contributed by atoms with Gasteiger partial charge in [-0.15, -0.1) is 0 Å². The van der Waals surface area contributed by atoms with Gasteiger partial charge in [0.1, 0.15) is 6.54 Å². The largest absolute Gasteiger partial charge is 0.406 e. The third-order valence-electron chi connectivity index (χ3n) is 1.81. The lowest BCUT2D eigenvalue weighted by atomic mass is 10.4. The Labute approximate surface area is 86.3 Å². The predicted molar refractivity (Wildman–Crippen MR) is 48.4 cm³/mol. The second-order valence-electron chi connectivity index (χ2n) is 3.06. The molecule has 0 spiro atoms. The molecule has 1 N–H and O–H groups in total. The van der Waals surface area contributed by atoms with Gasteiger partial charge in [0.15, 0.2) is 0 Å². The number of nitrogens with zero attached hydrogens (tertiary/aromatic N) is 2. The number of aliphatic hydroxyl groups excluding tert-OH is 1. The lowest BCUT2D eigenvalue weighted by Crippen LogP contribution is -2.46. The first-order valence-corrected chi connectivity index (χ1v) is 4.49. The molecule has 0 aromatic carbocycles. The molecule has 0 unspecified atom stereocenters. The van der Waals surface area contributed by atoms with Crippen LogP contribution in [0.2, 0.25) is 0 Å². The van der Waals surface area contributed by atoms with Crippen molar-refractivity contribution in [2.45, 2.75) is 13.1 Å². The molecule has 7 heteroatoms. The van der Waals surface area contributed by atoms with E-state index >= 15 is 0 Å². The van der Waals surface area contributed by atoms with E-state index in [0.29, 0.717) is 11.4 Å². The highest BCUT2D eigenvalue weighted by Crippen LogP contribution is 2.16. The van der Waals surface area contributed by atoms with Gasteiger partial charge < -0.3 is 14.9 Å². The van der Waals surface area contributed by atoms with E-state index in [4.69, 9.17) is 5.11 Å². The van der Waals surface area contributed by atoms with Crippen LogP contribution in [-0.4, -0.2) is 60.4 Å². The molecule has 0 aliphatic carbocycles. The van der Waals surface area contributed by atoms with Crippen molar-refractivity contribution in [1.82, 2.24) is 9.80 Å². The van der Waals surface area contributed by atoms with Gasteiger partial charge in [0.25, 0.3) is 0 Å². The van der Waals surface area contributed by atoms with E-state index in [2.05, 4.69) is 0 Å². The summed E-state index contributed by atoms with van der Waals surface area (Å²) in [5.74, 6) is 0. The van der Waals surface area contributed by atoms with E-state index in [1.54, 1.807) is 6.92 Å². The minimum absolute atomic E-state index is 0.317. The molecule has 0 saturated carbocycles. The molecular weight excluding hydrogens is 213 g/mol. The standard InChI is InChI=1S/C8H15F3N2O2/c1-3-12(2)7(15)13(4-5-14)6-8(9,10)11/h14H,3-6H2,1-2H3. The number of aliphatic hydroxyl groups is 1. The quantitative estimate of drug-likeness (QED) is 0.777. The van der Waals surface area contributed by atoms with Crippen LogP contribution in [0.4, 0.5) is 18.0 Å². The van der Waals surface area contributed by atoms with Crippen molar-refractivity contribution in [2.24, 2.45) is 0 Å². The SMILES string of the molecule is CCN(C)C(=O)N(CCO)CC(F)(F)F. The van der Waals surface area contributed by atoms with E-state index in [0.717, 1.165) is 4.90 Å². The van der Waals surface area contributed by atoms with Crippen LogP contribution in [0, 0.1) is 0 Å². The van der Waals surface area contributed by atoms with Crippen LogP contribution in [0.1, 0.15) is 6.92 Å². The van der Waals surface area contributed by atoms with Crippen LogP contribution in [-0.2, 0) is 0 Å². The molecular formula is C8H15F3N2O2. The van der Waals surface area contributed by atoms with Crippen LogP contribution >= 0.6 is 0 Å². The molecule has 0 atom stereocenters. The molecule has 15 heavy (non-hydrogen) atoms. The molecule has 0 aliphatic rings. The fourth-order valence-corrected chi connectivity index (χ4v) is 0.956. The van der Waals surface area contributed by atoms with Gasteiger partial charge in [-0.1, -0.05) is 0 Å². The molecule has 0 aliphatic heterocycles. The van der Waals surface area contributed by atoms with Gasteiger partial charge >= 0.3 is 12.2 Å². The van der Waals surface area contributed by atoms with E-state index in [1.165, 1.54) is 7.05 Å². The van der Waals surface area contributed by atoms with Crippen molar-refractivity contribution in [3.8, 4) is 0 Å². The van der Waals surface area contributed by atoms with Crippen LogP contribution in [0.15, 0.2) is 0 Å². The Morgan fingerprint density at radius 1 is 1.40 bits per heavy atom. The summed E-state index contributed by atoms with van der Waals surface area (Å²) < 4.78 is 36.2. The Kier molecular flexibility index (Phi) is 5.41. The van der Waals surface area contributed by atoms with Crippen molar-refractivity contribution in [2.75, 3.05) is 33.3 Å². The highest BCUT2D eigenvalue weighted by atomic mass is 19.4. The first-order chi connectivity index (χ1) is 6.81. The molecule has 0 heterocycles. The number of halogens is 3. The zero-order valence-corrected chi connectivity index (χ0v) is 8.71. The number of hydrogen-bond acceptors (Lipinski definition) is 2. The van der Waals surface area contributed by atoms with Gasteiger partial charge in [-0.3, -0.25) is 0 Å². The molecule has 4 nitrogen and oxygen atoms in total. The number of urea groups is 1. The number of carbonyl (C=O) groups excluding carboxylic acids is 1. The van der Waals surface area contributed by atoms with Gasteiger partial charge in [0, 0.05) is 20.1 Å². The monoisotopic (exact) mass is 228 g/mol. The molecule has 0 radical (unpaired) electrons. The molecule has 0 rings (SSSR count). The molecule has 0 saturated heterocycles. The summed E-state index contributed by atoms with van der Waals surface area (Å²) in [6.45, 7) is -0.167. The second kappa shape index (κ2) is 5.79. The Hall–Kier alpha value is -0.980. The van der Waals surface area contributed by atoms with E-state index in [1.807, 2.05) is 0 Å². The first kappa shape index (κ1) is 14.0. The van der Waals surface area contributed by atoms with Crippen molar-refractivity contribution in [3.63, 3.8) is 0 Å². The lowest BCUT2D eigenvalue weighted by Gasteiger charge is -2.27. The average Bonchev–Trinajstić information content (AvgIpc) is 2.13. The Morgan fingerprint density at radius 3 is 2.27 bits per heavy atom. The fourth-order valence-electron chi connectivity index (χ4n) is 0.956. The van der Waals surface area contributed by atoms with Crippen LogP contribution < -0.4 is 0 Å². The lowest BCUT2D eigenvalue weighted by molar-refractivity contribution is -0.141. The van der Waals surface area contributed by atoms with Crippen molar-refractivity contribution in [3.05, 3.63) is 0 Å². The van der Waals surface area contributed by atoms with Gasteiger partial charge in [-0.25, -0.2) is 4.79 Å². The maximum absolute atomic E-state index is 12.1. The normalized spacial score (nSPS) is 11.3. The van der Waals surface area contributed by atoms with Crippen LogP contribution in [0.3, 0.4) is 0 Å². The Bertz CT molecular complexity index is 209. The molecule has 0 aromatic rings. The summed E-state index contributed by atoms with van der Waals surface area (Å²) in [4.78, 5) is 13.1. The molecule has 0 aromatic heterocycles. The van der Waals surface area contributed by atoms with Crippen LogP contribution in [0.5, 0.6) is 0 Å². The summed E-state index contributed by atoms with van der Waals surface area (Å²) in [6, 6.07) is -0.733. The maximum Gasteiger partial charge on any atom is 0.406 e. The molecule has 90 valence electrons. The van der Waals surface area contributed by atoms with Gasteiger partial charge in [0.2, 0.25) is 0 Å². The zero-order chi connectivity index (χ0) is 12.1. The molecule has 0 fully saturated rings. The average molecular weight is 228 g/mol. The number of alkyl halides is 3. The first-order valence-electron chi connectivity index (χ1n) is 4.49. The highest BCUT2D eigenvalue weighted by molar-refractivity contribution is 5.74. The fraction of sp³-hybridized carbons (Fsp3) is 0.875. The van der Waals surface area contributed by atoms with Gasteiger partial charge in [0.05, 0.1) is 6.61 Å². The summed E-state index contributed by atoms with van der Waals surface area (Å²) in [6.07, 6.45) is -4.45. The van der Waals surface area contributed by atoms with E-state index in [9.17, 15) is 18.0 Å². The van der Waals surface area contributed by atoms with Crippen LogP contribution in [0.25, 0.3) is 0 Å². The Balaban J connectivity index is 4.45. The maximum atomic E-state index is 12.1. The number of carbonyl (C=O) groups is 1. The summed E-state index contributed by atoms with van der Waals surface area (Å²) >= 11 is 0. The zero-order valence-electron chi connectivity index (χ0n) is 8.71. The van der Waals surface area contributed by atoms with Crippen molar-refractivity contribution < 1.29 is 23.1 Å². The number of rotatable bonds is 4. The van der Waals surface area contributed by atoms with Gasteiger partial charge in [-0.05, 0) is 6.92 Å². The van der Waals surface area contributed by atoms with E-state index in [-0.39, 0.29) is 6.54 Å². The van der Waals surface area contributed by atoms with Gasteiger partial charge in [-0.2, -0.15) is 13.2 Å². The smallest absolute Gasteiger partial charge is 0.395 e. The number of hydrogen-bond donors (Lipinski definition) is 1. The third-order valence-corrected chi connectivity index (χ3v) is 1.81. The second-order valence-corrected chi connectivity index (χ2v) is 3.06. The molecule has 0 bridgehead atoms. The third kappa shape index (κ3) is 5.46. The summed E-state index contributed by atoms with van der Waals surface area (Å²) in [7, 11) is 1.41. The predicted octanol–water partition coefficient (Wildman–Crippen LogP) is 0.915. The van der Waals surface area contributed by atoms with Crippen molar-refractivity contribution in [1.29, 1.82) is 0 Å². The van der Waals surface area contributed by atoms with E-state index < -0.39 is 25.4 Å². The van der Waals surface area contributed by atoms with Crippen molar-refractivity contribution >= 4 is 6.03 Å². The Morgan fingerprint density at radius 2 is 1.93 bits per heavy atom. The summed E-state index contributed by atoms with van der Waals surface area (Å²) in [5.41, 5.74) is 0. The topological polar surface area (TPSA) is 43.8 Å². The summed E-state index contributed by atoms with van der Waals surface area (Å²) in [5, 5.41) is 8.56. The highest BCUT2D eigenvalue weighted by Gasteiger charge is 2.33.